The maximum atomic E-state index is 12.7. The summed E-state index contributed by atoms with van der Waals surface area (Å²) in [5.41, 5.74) is 2.63. The van der Waals surface area contributed by atoms with Crippen LogP contribution in [0.1, 0.15) is 25.3 Å². The van der Waals surface area contributed by atoms with E-state index < -0.39 is 0 Å². The van der Waals surface area contributed by atoms with E-state index in [1.54, 1.807) is 18.2 Å². The van der Waals surface area contributed by atoms with Gasteiger partial charge in [-0.15, -0.1) is 0 Å². The van der Waals surface area contributed by atoms with Crippen LogP contribution < -0.4 is 20.1 Å². The summed E-state index contributed by atoms with van der Waals surface area (Å²) >= 11 is 0. The van der Waals surface area contributed by atoms with Crippen molar-refractivity contribution in [3.8, 4) is 11.5 Å². The summed E-state index contributed by atoms with van der Waals surface area (Å²) in [6.07, 6.45) is 3.71. The lowest BCUT2D eigenvalue weighted by molar-refractivity contribution is -0.117. The molecule has 0 bridgehead atoms. The quantitative estimate of drug-likeness (QED) is 0.801. The average Bonchev–Trinajstić information content (AvgIpc) is 3.54. The molecule has 0 atom stereocenters. The minimum absolute atomic E-state index is 0.0357. The van der Waals surface area contributed by atoms with E-state index in [1.165, 1.54) is 0 Å². The van der Waals surface area contributed by atoms with Gasteiger partial charge in [0, 0.05) is 22.9 Å². The van der Waals surface area contributed by atoms with E-state index in [4.69, 9.17) is 9.47 Å². The smallest absolute Gasteiger partial charge is 0.255 e. The van der Waals surface area contributed by atoms with Gasteiger partial charge in [-0.2, -0.15) is 0 Å². The van der Waals surface area contributed by atoms with Crippen LogP contribution in [0.3, 0.4) is 0 Å². The molecule has 6 heteroatoms. The number of ether oxygens (including phenoxy) is 2. The fourth-order valence-electron chi connectivity index (χ4n) is 3.06. The van der Waals surface area contributed by atoms with Crippen molar-refractivity contribution >= 4 is 29.3 Å². The standard InChI is InChI=1S/C22H22N2O4/c1-2-27-19-8-3-5-15-11-16(13-28-20(15)19)22(26)24-18-7-4-6-17(12-18)23-21(25)14-9-10-14/h3-8,11-12,14H,2,9-10,13H2,1H3,(H,23,25)(H,24,26). The van der Waals surface area contributed by atoms with E-state index in [9.17, 15) is 9.59 Å². The van der Waals surface area contributed by atoms with Crippen molar-refractivity contribution in [2.24, 2.45) is 5.92 Å². The van der Waals surface area contributed by atoms with E-state index in [2.05, 4.69) is 10.6 Å². The molecule has 2 aromatic rings. The van der Waals surface area contributed by atoms with Crippen LogP contribution in [0.4, 0.5) is 11.4 Å². The van der Waals surface area contributed by atoms with Gasteiger partial charge in [0.25, 0.3) is 5.91 Å². The first-order chi connectivity index (χ1) is 13.6. The molecule has 4 rings (SSSR count). The monoisotopic (exact) mass is 378 g/mol. The van der Waals surface area contributed by atoms with Crippen molar-refractivity contribution in [2.45, 2.75) is 19.8 Å². The van der Waals surface area contributed by atoms with Crippen molar-refractivity contribution in [3.05, 3.63) is 53.6 Å². The number of rotatable bonds is 6. The lowest BCUT2D eigenvalue weighted by Crippen LogP contribution is -2.21. The van der Waals surface area contributed by atoms with Crippen LogP contribution in [-0.2, 0) is 9.59 Å². The highest BCUT2D eigenvalue weighted by Crippen LogP contribution is 2.36. The Morgan fingerprint density at radius 3 is 2.61 bits per heavy atom. The Bertz CT molecular complexity index is 947. The zero-order chi connectivity index (χ0) is 19.5. The Kier molecular flexibility index (Phi) is 5.02. The molecule has 1 aliphatic carbocycles. The number of carbonyl (C=O) groups excluding carboxylic acids is 2. The Morgan fingerprint density at radius 1 is 1.11 bits per heavy atom. The minimum atomic E-state index is -0.238. The largest absolute Gasteiger partial charge is 0.490 e. The highest BCUT2D eigenvalue weighted by Gasteiger charge is 2.29. The molecule has 2 N–H and O–H groups in total. The number of carbonyl (C=O) groups is 2. The fraction of sp³-hybridized carbons (Fsp3) is 0.273. The zero-order valence-electron chi connectivity index (χ0n) is 15.7. The summed E-state index contributed by atoms with van der Waals surface area (Å²) < 4.78 is 11.3. The van der Waals surface area contributed by atoms with E-state index in [0.717, 1.165) is 18.4 Å². The lowest BCUT2D eigenvalue weighted by Gasteiger charge is -2.20. The summed E-state index contributed by atoms with van der Waals surface area (Å²) in [6.45, 7) is 2.63. The van der Waals surface area contributed by atoms with Crippen molar-refractivity contribution in [3.63, 3.8) is 0 Å². The van der Waals surface area contributed by atoms with Crippen LogP contribution in [0.2, 0.25) is 0 Å². The maximum absolute atomic E-state index is 12.7. The molecule has 0 spiro atoms. The third-order valence-electron chi connectivity index (χ3n) is 4.64. The summed E-state index contributed by atoms with van der Waals surface area (Å²) in [7, 11) is 0. The van der Waals surface area contributed by atoms with E-state index >= 15 is 0 Å². The van der Waals surface area contributed by atoms with Crippen LogP contribution in [0.25, 0.3) is 6.08 Å². The van der Waals surface area contributed by atoms with Crippen molar-refractivity contribution < 1.29 is 19.1 Å². The average molecular weight is 378 g/mol. The molecule has 28 heavy (non-hydrogen) atoms. The SMILES string of the molecule is CCOc1cccc2c1OCC(C(=O)Nc1cccc(NC(=O)C3CC3)c1)=C2. The predicted octanol–water partition coefficient (Wildman–Crippen LogP) is 3.85. The van der Waals surface area contributed by atoms with Crippen molar-refractivity contribution in [1.29, 1.82) is 0 Å². The highest BCUT2D eigenvalue weighted by atomic mass is 16.5. The maximum Gasteiger partial charge on any atom is 0.255 e. The van der Waals surface area contributed by atoms with E-state index in [0.29, 0.717) is 35.1 Å². The van der Waals surface area contributed by atoms with Gasteiger partial charge < -0.3 is 20.1 Å². The van der Waals surface area contributed by atoms with Crippen molar-refractivity contribution in [1.82, 2.24) is 0 Å². The van der Waals surface area contributed by atoms with Gasteiger partial charge in [-0.3, -0.25) is 9.59 Å². The Morgan fingerprint density at radius 2 is 1.86 bits per heavy atom. The number of amides is 2. The molecule has 1 saturated carbocycles. The first-order valence-electron chi connectivity index (χ1n) is 9.45. The fourth-order valence-corrected chi connectivity index (χ4v) is 3.06. The van der Waals surface area contributed by atoms with Crippen LogP contribution in [0, 0.1) is 5.92 Å². The van der Waals surface area contributed by atoms with Crippen LogP contribution in [0.5, 0.6) is 11.5 Å². The number of anilines is 2. The number of para-hydroxylation sites is 1. The molecular weight excluding hydrogens is 356 g/mol. The Hall–Kier alpha value is -3.28. The van der Waals surface area contributed by atoms with Gasteiger partial charge in [-0.1, -0.05) is 18.2 Å². The molecular formula is C22H22N2O4. The Balaban J connectivity index is 1.47. The normalized spacial score (nSPS) is 15.0. The second kappa shape index (κ2) is 7.76. The van der Waals surface area contributed by atoms with Gasteiger partial charge in [0.15, 0.2) is 11.5 Å². The Labute approximate surface area is 163 Å². The molecule has 1 heterocycles. The van der Waals surface area contributed by atoms with E-state index in [-0.39, 0.29) is 24.3 Å². The number of benzene rings is 2. The lowest BCUT2D eigenvalue weighted by atomic mass is 10.1. The predicted molar refractivity (Wildman–Crippen MR) is 108 cm³/mol. The van der Waals surface area contributed by atoms with Crippen LogP contribution >= 0.6 is 0 Å². The number of nitrogens with one attached hydrogen (secondary N) is 2. The summed E-state index contributed by atoms with van der Waals surface area (Å²) in [5.74, 6) is 1.26. The number of fused-ring (bicyclic) bond motifs is 1. The molecule has 2 aliphatic rings. The zero-order valence-corrected chi connectivity index (χ0v) is 15.7. The summed E-state index contributed by atoms with van der Waals surface area (Å²) in [5, 5.41) is 5.76. The minimum Gasteiger partial charge on any atom is -0.490 e. The molecule has 6 nitrogen and oxygen atoms in total. The third-order valence-corrected chi connectivity index (χ3v) is 4.64. The molecule has 144 valence electrons. The van der Waals surface area contributed by atoms with Crippen LogP contribution in [-0.4, -0.2) is 25.0 Å². The molecule has 1 fully saturated rings. The molecule has 1 aliphatic heterocycles. The molecule has 0 unspecified atom stereocenters. The molecule has 2 aromatic carbocycles. The second-order valence-electron chi connectivity index (χ2n) is 6.86. The first kappa shape index (κ1) is 18.1. The summed E-state index contributed by atoms with van der Waals surface area (Å²) in [6, 6.07) is 12.8. The molecule has 2 amide bonds. The second-order valence-corrected chi connectivity index (χ2v) is 6.86. The molecule has 0 radical (unpaired) electrons. The first-order valence-corrected chi connectivity index (χ1v) is 9.45. The van der Waals surface area contributed by atoms with Gasteiger partial charge in [-0.05, 0) is 50.1 Å². The van der Waals surface area contributed by atoms with Gasteiger partial charge >= 0.3 is 0 Å². The highest BCUT2D eigenvalue weighted by molar-refractivity contribution is 6.08. The molecule has 0 saturated heterocycles. The number of hydrogen-bond donors (Lipinski definition) is 2. The molecule has 0 aromatic heterocycles. The van der Waals surface area contributed by atoms with Gasteiger partial charge in [0.05, 0.1) is 12.2 Å². The topological polar surface area (TPSA) is 76.7 Å². The van der Waals surface area contributed by atoms with Gasteiger partial charge in [0.2, 0.25) is 5.91 Å². The third kappa shape index (κ3) is 4.01. The van der Waals surface area contributed by atoms with Crippen LogP contribution in [0.15, 0.2) is 48.0 Å². The summed E-state index contributed by atoms with van der Waals surface area (Å²) in [4.78, 5) is 24.6. The van der Waals surface area contributed by atoms with Crippen molar-refractivity contribution in [2.75, 3.05) is 23.8 Å². The van der Waals surface area contributed by atoms with Gasteiger partial charge in [-0.25, -0.2) is 0 Å². The van der Waals surface area contributed by atoms with E-state index in [1.807, 2.05) is 37.3 Å². The number of hydrogen-bond acceptors (Lipinski definition) is 4. The van der Waals surface area contributed by atoms with Gasteiger partial charge in [0.1, 0.15) is 6.61 Å².